The molecule has 1 amide bonds. The number of nitrogens with one attached hydrogen (secondary N) is 1. The lowest BCUT2D eigenvalue weighted by Crippen LogP contribution is -2.51. The average molecular weight is 276 g/mol. The molecule has 20 heavy (non-hydrogen) atoms. The number of carbonyl (C=O) groups excluding carboxylic acids is 1. The minimum absolute atomic E-state index is 0.140. The number of pyridine rings is 1. The maximum absolute atomic E-state index is 12.0. The van der Waals surface area contributed by atoms with Gasteiger partial charge < -0.3 is 15.1 Å². The van der Waals surface area contributed by atoms with Gasteiger partial charge in [-0.15, -0.1) is 0 Å². The van der Waals surface area contributed by atoms with Gasteiger partial charge in [0.2, 0.25) is 5.91 Å². The number of rotatable bonds is 5. The van der Waals surface area contributed by atoms with E-state index in [9.17, 15) is 4.79 Å². The van der Waals surface area contributed by atoms with Crippen LogP contribution < -0.4 is 5.32 Å². The van der Waals surface area contributed by atoms with Crippen LogP contribution in [-0.2, 0) is 11.2 Å². The molecule has 1 atom stereocenters. The summed E-state index contributed by atoms with van der Waals surface area (Å²) in [6, 6.07) is 4.28. The van der Waals surface area contributed by atoms with Gasteiger partial charge in [-0.1, -0.05) is 6.07 Å². The molecule has 1 N–H and O–H groups in total. The van der Waals surface area contributed by atoms with Crippen molar-refractivity contribution in [3.05, 3.63) is 30.1 Å². The van der Waals surface area contributed by atoms with Crippen molar-refractivity contribution in [3.63, 3.8) is 0 Å². The summed E-state index contributed by atoms with van der Waals surface area (Å²) in [6.07, 6.45) is 5.02. The van der Waals surface area contributed by atoms with E-state index < -0.39 is 0 Å². The van der Waals surface area contributed by atoms with Gasteiger partial charge in [0.25, 0.3) is 0 Å². The van der Waals surface area contributed by atoms with Crippen LogP contribution in [0, 0.1) is 0 Å². The first kappa shape index (κ1) is 14.9. The second kappa shape index (κ2) is 7.36. The second-order valence-corrected chi connectivity index (χ2v) is 5.56. The van der Waals surface area contributed by atoms with Crippen molar-refractivity contribution < 1.29 is 4.79 Å². The van der Waals surface area contributed by atoms with Crippen LogP contribution in [-0.4, -0.2) is 67.0 Å². The van der Waals surface area contributed by atoms with Crippen LogP contribution in [0.1, 0.15) is 12.0 Å². The minimum Gasteiger partial charge on any atom is -0.356 e. The van der Waals surface area contributed by atoms with E-state index in [1.54, 1.807) is 6.20 Å². The summed E-state index contributed by atoms with van der Waals surface area (Å²) < 4.78 is 0. The number of nitrogens with zero attached hydrogens (tertiary/aromatic N) is 3. The highest BCUT2D eigenvalue weighted by atomic mass is 16.1. The smallest absolute Gasteiger partial charge is 0.221 e. The third-order valence-corrected chi connectivity index (χ3v) is 3.86. The zero-order valence-electron chi connectivity index (χ0n) is 12.4. The Hall–Kier alpha value is -1.46. The molecule has 1 aliphatic heterocycles. The van der Waals surface area contributed by atoms with Crippen LogP contribution in [0.4, 0.5) is 0 Å². The monoisotopic (exact) mass is 276 g/mol. The molecule has 1 aromatic heterocycles. The van der Waals surface area contributed by atoms with E-state index in [1.165, 1.54) is 0 Å². The van der Waals surface area contributed by atoms with E-state index in [1.807, 2.05) is 18.3 Å². The van der Waals surface area contributed by atoms with E-state index in [2.05, 4.69) is 34.2 Å². The zero-order valence-corrected chi connectivity index (χ0v) is 12.4. The molecule has 5 nitrogen and oxygen atoms in total. The van der Waals surface area contributed by atoms with Gasteiger partial charge in [0.15, 0.2) is 0 Å². The van der Waals surface area contributed by atoms with Crippen molar-refractivity contribution in [1.29, 1.82) is 0 Å². The number of amides is 1. The Labute approximate surface area is 121 Å². The molecule has 1 aliphatic rings. The number of likely N-dealkylation sites (N-methyl/N-ethyl adjacent to an activating group) is 2. The molecule has 5 heteroatoms. The quantitative estimate of drug-likeness (QED) is 0.844. The van der Waals surface area contributed by atoms with Crippen molar-refractivity contribution in [2.45, 2.75) is 18.9 Å². The minimum atomic E-state index is 0.140. The maximum Gasteiger partial charge on any atom is 0.221 e. The summed E-state index contributed by atoms with van der Waals surface area (Å²) in [6.45, 7) is 3.75. The Bertz CT molecular complexity index is 423. The Morgan fingerprint density at radius 2 is 2.30 bits per heavy atom. The predicted octanol–water partition coefficient (Wildman–Crippen LogP) is 0.376. The van der Waals surface area contributed by atoms with E-state index in [0.717, 1.165) is 31.6 Å². The van der Waals surface area contributed by atoms with Crippen molar-refractivity contribution in [1.82, 2.24) is 20.1 Å². The molecule has 110 valence electrons. The molecule has 0 radical (unpaired) electrons. The molecule has 0 saturated carbocycles. The van der Waals surface area contributed by atoms with Crippen LogP contribution in [0.3, 0.4) is 0 Å². The lowest BCUT2D eigenvalue weighted by Gasteiger charge is -2.37. The lowest BCUT2D eigenvalue weighted by atomic mass is 10.1. The van der Waals surface area contributed by atoms with Crippen LogP contribution in [0.15, 0.2) is 24.5 Å². The molecule has 2 heterocycles. The van der Waals surface area contributed by atoms with Crippen LogP contribution in [0.2, 0.25) is 0 Å². The molecule has 0 aliphatic carbocycles. The van der Waals surface area contributed by atoms with Gasteiger partial charge in [0.1, 0.15) is 0 Å². The van der Waals surface area contributed by atoms with Gasteiger partial charge >= 0.3 is 0 Å². The van der Waals surface area contributed by atoms with Gasteiger partial charge in [0, 0.05) is 51.0 Å². The van der Waals surface area contributed by atoms with Crippen molar-refractivity contribution >= 4 is 5.91 Å². The largest absolute Gasteiger partial charge is 0.356 e. The first-order chi connectivity index (χ1) is 9.65. The molecular formula is C15H24N4O. The van der Waals surface area contributed by atoms with Crippen LogP contribution >= 0.6 is 0 Å². The normalized spacial score (nSPS) is 20.8. The summed E-state index contributed by atoms with van der Waals surface area (Å²) in [4.78, 5) is 20.6. The fraction of sp³-hybridized carbons (Fsp3) is 0.600. The molecule has 1 unspecified atom stereocenters. The van der Waals surface area contributed by atoms with Gasteiger partial charge in [0.05, 0.1) is 0 Å². The van der Waals surface area contributed by atoms with E-state index >= 15 is 0 Å². The molecule has 0 aromatic carbocycles. The number of aromatic nitrogens is 1. The van der Waals surface area contributed by atoms with Gasteiger partial charge in [-0.2, -0.15) is 0 Å². The molecule has 0 bridgehead atoms. The van der Waals surface area contributed by atoms with Gasteiger partial charge in [-0.3, -0.25) is 9.78 Å². The molecule has 1 fully saturated rings. The molecule has 2 rings (SSSR count). The molecule has 0 spiro atoms. The third-order valence-electron chi connectivity index (χ3n) is 3.86. The number of piperazine rings is 1. The summed E-state index contributed by atoms with van der Waals surface area (Å²) in [5.74, 6) is 0.140. The highest BCUT2D eigenvalue weighted by Gasteiger charge is 2.24. The van der Waals surface area contributed by atoms with E-state index in [4.69, 9.17) is 0 Å². The van der Waals surface area contributed by atoms with Crippen molar-refractivity contribution in [3.8, 4) is 0 Å². The van der Waals surface area contributed by atoms with Gasteiger partial charge in [-0.25, -0.2) is 0 Å². The average Bonchev–Trinajstić information content (AvgIpc) is 2.44. The zero-order chi connectivity index (χ0) is 14.4. The Morgan fingerprint density at radius 3 is 3.05 bits per heavy atom. The Balaban J connectivity index is 1.70. The second-order valence-electron chi connectivity index (χ2n) is 5.56. The first-order valence-electron chi connectivity index (χ1n) is 7.19. The highest BCUT2D eigenvalue weighted by Crippen LogP contribution is 2.09. The molecular weight excluding hydrogens is 252 g/mol. The van der Waals surface area contributed by atoms with Crippen molar-refractivity contribution in [2.24, 2.45) is 0 Å². The Kier molecular flexibility index (Phi) is 5.49. The summed E-state index contributed by atoms with van der Waals surface area (Å²) in [7, 11) is 4.21. The molecule has 1 aromatic rings. The third kappa shape index (κ3) is 4.58. The number of carbonyl (C=O) groups is 1. The van der Waals surface area contributed by atoms with Gasteiger partial charge in [-0.05, 0) is 32.1 Å². The summed E-state index contributed by atoms with van der Waals surface area (Å²) in [5, 5.41) is 3.00. The fourth-order valence-corrected chi connectivity index (χ4v) is 2.50. The Morgan fingerprint density at radius 1 is 1.45 bits per heavy atom. The number of hydrogen-bond acceptors (Lipinski definition) is 4. The topological polar surface area (TPSA) is 48.5 Å². The predicted molar refractivity (Wildman–Crippen MR) is 79.5 cm³/mol. The van der Waals surface area contributed by atoms with E-state index in [0.29, 0.717) is 19.0 Å². The molecule has 1 saturated heterocycles. The fourth-order valence-electron chi connectivity index (χ4n) is 2.50. The number of hydrogen-bond donors (Lipinski definition) is 1. The SMILES string of the molecule is CN1CCN(C)C(CC(=O)NCCc2cccnc2)C1. The van der Waals surface area contributed by atoms with Crippen LogP contribution in [0.25, 0.3) is 0 Å². The van der Waals surface area contributed by atoms with Crippen molar-refractivity contribution in [2.75, 3.05) is 40.3 Å². The summed E-state index contributed by atoms with van der Waals surface area (Å²) >= 11 is 0. The lowest BCUT2D eigenvalue weighted by molar-refractivity contribution is -0.122. The van der Waals surface area contributed by atoms with E-state index in [-0.39, 0.29) is 5.91 Å². The maximum atomic E-state index is 12.0. The first-order valence-corrected chi connectivity index (χ1v) is 7.19. The highest BCUT2D eigenvalue weighted by molar-refractivity contribution is 5.76. The standard InChI is InChI=1S/C15H24N4O/c1-18-8-9-19(2)14(12-18)10-15(20)17-7-5-13-4-3-6-16-11-13/h3-4,6,11,14H,5,7-10,12H2,1-2H3,(H,17,20). The summed E-state index contributed by atoms with van der Waals surface area (Å²) in [5.41, 5.74) is 1.15. The van der Waals surface area contributed by atoms with Crippen LogP contribution in [0.5, 0.6) is 0 Å².